The number of rotatable bonds is 8. The van der Waals surface area contributed by atoms with E-state index in [0.717, 1.165) is 25.7 Å². The molecule has 0 bridgehead atoms. The second-order valence-corrected chi connectivity index (χ2v) is 8.41. The third-order valence-corrected chi connectivity index (χ3v) is 5.44. The average Bonchev–Trinajstić information content (AvgIpc) is 2.44. The maximum absolute atomic E-state index is 11.1. The maximum Gasteiger partial charge on any atom is 0.264 e. The standard InChI is InChI=1S/C17H26O4S/c1-17(2)15(11-16(17)13-21-22(3,18)19)9-10-20-12-14-7-5-4-6-8-14/h4-8,15-16H,9-13H2,1-3H3/t15-,16-/m0/s1. The van der Waals surface area contributed by atoms with E-state index in [1.165, 1.54) is 5.56 Å². The minimum atomic E-state index is -3.34. The summed E-state index contributed by atoms with van der Waals surface area (Å²) in [6.45, 7) is 6.06. The third-order valence-electron chi connectivity index (χ3n) is 4.88. The number of ether oxygens (including phenoxy) is 1. The van der Waals surface area contributed by atoms with E-state index >= 15 is 0 Å². The highest BCUT2D eigenvalue weighted by molar-refractivity contribution is 7.85. The molecular formula is C17H26O4S. The molecule has 1 aromatic carbocycles. The van der Waals surface area contributed by atoms with E-state index in [-0.39, 0.29) is 5.41 Å². The second kappa shape index (κ2) is 7.11. The van der Waals surface area contributed by atoms with Gasteiger partial charge in [-0.3, -0.25) is 4.18 Å². The van der Waals surface area contributed by atoms with Crippen LogP contribution in [0.4, 0.5) is 0 Å². The summed E-state index contributed by atoms with van der Waals surface area (Å²) in [5.74, 6) is 0.873. The van der Waals surface area contributed by atoms with Crippen molar-refractivity contribution in [2.75, 3.05) is 19.5 Å². The molecule has 0 amide bonds. The molecule has 1 aromatic rings. The fourth-order valence-electron chi connectivity index (χ4n) is 3.09. The lowest BCUT2D eigenvalue weighted by Gasteiger charge is -2.52. The Balaban J connectivity index is 1.67. The lowest BCUT2D eigenvalue weighted by atomic mass is 9.54. The van der Waals surface area contributed by atoms with Crippen LogP contribution in [0.1, 0.15) is 32.3 Å². The Morgan fingerprint density at radius 1 is 1.18 bits per heavy atom. The number of hydrogen-bond donors (Lipinski definition) is 0. The smallest absolute Gasteiger partial charge is 0.264 e. The molecule has 0 N–H and O–H groups in total. The summed E-state index contributed by atoms with van der Waals surface area (Å²) in [5.41, 5.74) is 1.30. The molecule has 2 atom stereocenters. The predicted octanol–water partition coefficient (Wildman–Crippen LogP) is 3.23. The van der Waals surface area contributed by atoms with Gasteiger partial charge in [0.2, 0.25) is 0 Å². The molecule has 0 radical (unpaired) electrons. The SMILES string of the molecule is CC1(C)[C@H](COS(C)(=O)=O)C[C@@H]1CCOCc1ccccc1. The first kappa shape index (κ1) is 17.4. The van der Waals surface area contributed by atoms with Crippen LogP contribution in [0.2, 0.25) is 0 Å². The largest absolute Gasteiger partial charge is 0.377 e. The zero-order valence-corrected chi connectivity index (χ0v) is 14.4. The Hall–Kier alpha value is -0.910. The van der Waals surface area contributed by atoms with Crippen LogP contribution in [0.15, 0.2) is 30.3 Å². The molecule has 0 aromatic heterocycles. The van der Waals surface area contributed by atoms with E-state index in [9.17, 15) is 8.42 Å². The zero-order chi connectivity index (χ0) is 16.2. The molecule has 22 heavy (non-hydrogen) atoms. The van der Waals surface area contributed by atoms with Crippen molar-refractivity contribution in [1.82, 2.24) is 0 Å². The highest BCUT2D eigenvalue weighted by Crippen LogP contribution is 2.52. The molecular weight excluding hydrogens is 300 g/mol. The summed E-state index contributed by atoms with van der Waals surface area (Å²) < 4.78 is 32.8. The Kier molecular flexibility index (Phi) is 5.64. The molecule has 1 aliphatic carbocycles. The second-order valence-electron chi connectivity index (χ2n) is 6.77. The van der Waals surface area contributed by atoms with Gasteiger partial charge in [0.15, 0.2) is 0 Å². The summed E-state index contributed by atoms with van der Waals surface area (Å²) in [6, 6.07) is 10.1. The van der Waals surface area contributed by atoms with Crippen LogP contribution in [0.5, 0.6) is 0 Å². The minimum absolute atomic E-state index is 0.112. The molecule has 0 saturated heterocycles. The van der Waals surface area contributed by atoms with Crippen molar-refractivity contribution in [3.8, 4) is 0 Å². The molecule has 0 heterocycles. The van der Waals surface area contributed by atoms with Crippen molar-refractivity contribution in [1.29, 1.82) is 0 Å². The summed E-state index contributed by atoms with van der Waals surface area (Å²) in [7, 11) is -3.34. The summed E-state index contributed by atoms with van der Waals surface area (Å²) in [6.07, 6.45) is 3.12. The van der Waals surface area contributed by atoms with Crippen molar-refractivity contribution in [3.63, 3.8) is 0 Å². The highest BCUT2D eigenvalue weighted by Gasteiger charge is 2.47. The molecule has 1 fully saturated rings. The summed E-state index contributed by atoms with van der Waals surface area (Å²) in [4.78, 5) is 0. The number of benzene rings is 1. The topological polar surface area (TPSA) is 52.6 Å². The molecule has 0 spiro atoms. The van der Waals surface area contributed by atoms with Crippen molar-refractivity contribution >= 4 is 10.1 Å². The molecule has 1 saturated carbocycles. The van der Waals surface area contributed by atoms with E-state index in [4.69, 9.17) is 8.92 Å². The molecule has 124 valence electrons. The normalized spacial score (nSPS) is 24.0. The van der Waals surface area contributed by atoms with Crippen LogP contribution in [-0.4, -0.2) is 27.9 Å². The van der Waals surface area contributed by atoms with Gasteiger partial charge >= 0.3 is 0 Å². The fraction of sp³-hybridized carbons (Fsp3) is 0.647. The van der Waals surface area contributed by atoms with Crippen LogP contribution < -0.4 is 0 Å². The van der Waals surface area contributed by atoms with Gasteiger partial charge in [0.25, 0.3) is 10.1 Å². The fourth-order valence-corrected chi connectivity index (χ4v) is 3.50. The molecule has 0 aliphatic heterocycles. The minimum Gasteiger partial charge on any atom is -0.377 e. The molecule has 5 heteroatoms. The Labute approximate surface area is 134 Å². The summed E-state index contributed by atoms with van der Waals surface area (Å²) in [5, 5.41) is 0. The molecule has 0 unspecified atom stereocenters. The van der Waals surface area contributed by atoms with Gasteiger partial charge in [-0.25, -0.2) is 0 Å². The van der Waals surface area contributed by atoms with Gasteiger partial charge in [0.05, 0.1) is 19.5 Å². The Morgan fingerprint density at radius 2 is 1.86 bits per heavy atom. The maximum atomic E-state index is 11.1. The first-order valence-electron chi connectivity index (χ1n) is 7.75. The highest BCUT2D eigenvalue weighted by atomic mass is 32.2. The van der Waals surface area contributed by atoms with Gasteiger partial charge in [0, 0.05) is 6.61 Å². The predicted molar refractivity (Wildman–Crippen MR) is 86.9 cm³/mol. The average molecular weight is 326 g/mol. The molecule has 4 nitrogen and oxygen atoms in total. The van der Waals surface area contributed by atoms with Crippen molar-refractivity contribution in [2.45, 2.75) is 33.3 Å². The van der Waals surface area contributed by atoms with E-state index in [1.54, 1.807) is 0 Å². The van der Waals surface area contributed by atoms with Crippen LogP contribution in [0, 0.1) is 17.3 Å². The van der Waals surface area contributed by atoms with E-state index in [2.05, 4.69) is 26.0 Å². The summed E-state index contributed by atoms with van der Waals surface area (Å²) >= 11 is 0. The van der Waals surface area contributed by atoms with Gasteiger partial charge in [-0.05, 0) is 35.7 Å². The first-order valence-corrected chi connectivity index (χ1v) is 9.57. The number of hydrogen-bond acceptors (Lipinski definition) is 4. The van der Waals surface area contributed by atoms with E-state index in [0.29, 0.717) is 25.0 Å². The van der Waals surface area contributed by atoms with E-state index < -0.39 is 10.1 Å². The Bertz CT molecular complexity index is 566. The monoisotopic (exact) mass is 326 g/mol. The van der Waals surface area contributed by atoms with Crippen LogP contribution >= 0.6 is 0 Å². The lowest BCUT2D eigenvalue weighted by molar-refractivity contribution is -0.0610. The van der Waals surface area contributed by atoms with Gasteiger partial charge < -0.3 is 4.74 Å². The van der Waals surface area contributed by atoms with Crippen molar-refractivity contribution in [3.05, 3.63) is 35.9 Å². The van der Waals surface area contributed by atoms with Gasteiger partial charge in [-0.1, -0.05) is 44.2 Å². The third kappa shape index (κ3) is 4.80. The van der Waals surface area contributed by atoms with Crippen molar-refractivity contribution in [2.24, 2.45) is 17.3 Å². The van der Waals surface area contributed by atoms with Gasteiger partial charge in [0.1, 0.15) is 0 Å². The molecule has 2 rings (SSSR count). The quantitative estimate of drug-likeness (QED) is 0.544. The van der Waals surface area contributed by atoms with Crippen LogP contribution in [0.3, 0.4) is 0 Å². The lowest BCUT2D eigenvalue weighted by Crippen LogP contribution is -2.47. The van der Waals surface area contributed by atoms with E-state index in [1.807, 2.05) is 18.2 Å². The van der Waals surface area contributed by atoms with Gasteiger partial charge in [-0.15, -0.1) is 0 Å². The van der Waals surface area contributed by atoms with Crippen LogP contribution in [0.25, 0.3) is 0 Å². The van der Waals surface area contributed by atoms with Gasteiger partial charge in [-0.2, -0.15) is 8.42 Å². The first-order chi connectivity index (χ1) is 10.3. The molecule has 1 aliphatic rings. The Morgan fingerprint density at radius 3 is 2.45 bits per heavy atom. The zero-order valence-electron chi connectivity index (χ0n) is 13.6. The van der Waals surface area contributed by atoms with Crippen LogP contribution in [-0.2, 0) is 25.6 Å². The van der Waals surface area contributed by atoms with Crippen molar-refractivity contribution < 1.29 is 17.3 Å².